The van der Waals surface area contributed by atoms with Gasteiger partial charge in [0.15, 0.2) is 0 Å². The molecule has 0 aromatic heterocycles. The summed E-state index contributed by atoms with van der Waals surface area (Å²) in [6.07, 6.45) is 3.11. The molecule has 2 heterocycles. The zero-order chi connectivity index (χ0) is 10.1. The number of aliphatic hydroxyl groups excluding tert-OH is 1. The quantitative estimate of drug-likeness (QED) is 0.696. The summed E-state index contributed by atoms with van der Waals surface area (Å²) in [4.78, 5) is 13.6. The van der Waals surface area contributed by atoms with Gasteiger partial charge in [0, 0.05) is 31.7 Å². The number of rotatable bonds is 3. The lowest BCUT2D eigenvalue weighted by atomic mass is 9.90. The Kier molecular flexibility index (Phi) is 2.74. The second kappa shape index (κ2) is 3.87. The summed E-state index contributed by atoms with van der Waals surface area (Å²) in [7, 11) is 1.54. The largest absolute Gasteiger partial charge is 0.396 e. The van der Waals surface area contributed by atoms with E-state index >= 15 is 0 Å². The van der Waals surface area contributed by atoms with E-state index in [0.29, 0.717) is 12.0 Å². The monoisotopic (exact) mass is 199 g/mol. The van der Waals surface area contributed by atoms with E-state index in [-0.39, 0.29) is 25.2 Å². The first-order valence-electron chi connectivity index (χ1n) is 5.19. The highest BCUT2D eigenvalue weighted by Crippen LogP contribution is 2.41. The molecule has 4 nitrogen and oxygen atoms in total. The number of ether oxygens (including phenoxy) is 1. The number of aliphatic hydroxyl groups is 1. The number of amides is 1. The molecule has 0 aliphatic carbocycles. The Labute approximate surface area is 83.8 Å². The van der Waals surface area contributed by atoms with Crippen LogP contribution in [-0.2, 0) is 9.53 Å². The average molecular weight is 199 g/mol. The summed E-state index contributed by atoms with van der Waals surface area (Å²) in [5.41, 5.74) is 0. The van der Waals surface area contributed by atoms with Crippen LogP contribution in [0.2, 0.25) is 0 Å². The van der Waals surface area contributed by atoms with Crippen molar-refractivity contribution in [3.8, 4) is 0 Å². The second-order valence-corrected chi connectivity index (χ2v) is 4.21. The van der Waals surface area contributed by atoms with E-state index in [4.69, 9.17) is 9.84 Å². The third-order valence-electron chi connectivity index (χ3n) is 3.46. The standard InChI is InChI=1S/C10H17NO3/c1-14-6-10(13)11-8-2-3-9(11)7(4-8)5-12/h7-9,12H,2-6H2,1H3. The maximum Gasteiger partial charge on any atom is 0.249 e. The van der Waals surface area contributed by atoms with Crippen molar-refractivity contribution in [3.63, 3.8) is 0 Å². The van der Waals surface area contributed by atoms with Gasteiger partial charge in [0.25, 0.3) is 0 Å². The Balaban J connectivity index is 2.03. The van der Waals surface area contributed by atoms with Gasteiger partial charge in [-0.25, -0.2) is 0 Å². The van der Waals surface area contributed by atoms with Gasteiger partial charge in [0.1, 0.15) is 6.61 Å². The SMILES string of the molecule is COCC(=O)N1C2CCC1C(CO)C2. The van der Waals surface area contributed by atoms with Gasteiger partial charge in [0.05, 0.1) is 0 Å². The number of hydrogen-bond acceptors (Lipinski definition) is 3. The third kappa shape index (κ3) is 1.42. The van der Waals surface area contributed by atoms with Gasteiger partial charge in [-0.1, -0.05) is 0 Å². The maximum atomic E-state index is 11.7. The van der Waals surface area contributed by atoms with Gasteiger partial charge in [-0.3, -0.25) is 4.79 Å². The number of methoxy groups -OCH3 is 1. The first-order chi connectivity index (χ1) is 6.77. The molecule has 1 amide bonds. The molecule has 0 radical (unpaired) electrons. The molecule has 4 heteroatoms. The van der Waals surface area contributed by atoms with Crippen LogP contribution in [0.15, 0.2) is 0 Å². The predicted octanol–water partition coefficient (Wildman–Crippen LogP) is 0.00460. The van der Waals surface area contributed by atoms with Crippen LogP contribution in [0.25, 0.3) is 0 Å². The lowest BCUT2D eigenvalue weighted by Gasteiger charge is -2.23. The van der Waals surface area contributed by atoms with Crippen molar-refractivity contribution in [2.45, 2.75) is 31.3 Å². The molecule has 3 atom stereocenters. The van der Waals surface area contributed by atoms with Gasteiger partial charge in [-0.15, -0.1) is 0 Å². The Hall–Kier alpha value is -0.610. The minimum absolute atomic E-state index is 0.0796. The fourth-order valence-electron chi connectivity index (χ4n) is 2.90. The molecule has 0 aromatic carbocycles. The van der Waals surface area contributed by atoms with E-state index in [1.165, 1.54) is 0 Å². The van der Waals surface area contributed by atoms with Gasteiger partial charge in [-0.05, 0) is 19.3 Å². The molecule has 3 unspecified atom stereocenters. The number of carbonyl (C=O) groups excluding carboxylic acids is 1. The second-order valence-electron chi connectivity index (χ2n) is 4.21. The van der Waals surface area contributed by atoms with Crippen LogP contribution >= 0.6 is 0 Å². The molecule has 14 heavy (non-hydrogen) atoms. The molecular weight excluding hydrogens is 182 g/mol. The fraction of sp³-hybridized carbons (Fsp3) is 0.900. The van der Waals surface area contributed by atoms with Crippen molar-refractivity contribution >= 4 is 5.91 Å². The van der Waals surface area contributed by atoms with Gasteiger partial charge >= 0.3 is 0 Å². The van der Waals surface area contributed by atoms with Crippen molar-refractivity contribution in [2.75, 3.05) is 20.3 Å². The molecule has 2 rings (SSSR count). The van der Waals surface area contributed by atoms with Crippen molar-refractivity contribution in [1.82, 2.24) is 4.90 Å². The molecule has 2 fully saturated rings. The predicted molar refractivity (Wildman–Crippen MR) is 50.7 cm³/mol. The van der Waals surface area contributed by atoms with E-state index in [1.807, 2.05) is 4.90 Å². The maximum absolute atomic E-state index is 11.7. The summed E-state index contributed by atoms with van der Waals surface area (Å²) in [6.45, 7) is 0.378. The van der Waals surface area contributed by atoms with Crippen LogP contribution in [-0.4, -0.2) is 48.3 Å². The molecule has 1 N–H and O–H groups in total. The first kappa shape index (κ1) is 9.93. The molecule has 2 bridgehead atoms. The normalized spacial score (nSPS) is 35.3. The van der Waals surface area contributed by atoms with Crippen molar-refractivity contribution < 1.29 is 14.6 Å². The summed E-state index contributed by atoms with van der Waals surface area (Å²) in [6, 6.07) is 0.632. The zero-order valence-corrected chi connectivity index (χ0v) is 8.48. The fourth-order valence-corrected chi connectivity index (χ4v) is 2.90. The number of carbonyl (C=O) groups is 1. The molecule has 0 saturated carbocycles. The molecule has 0 spiro atoms. The molecule has 2 aliphatic heterocycles. The Morgan fingerprint density at radius 3 is 2.93 bits per heavy atom. The average Bonchev–Trinajstić information content (AvgIpc) is 2.74. The van der Waals surface area contributed by atoms with E-state index in [1.54, 1.807) is 7.11 Å². The van der Waals surface area contributed by atoms with E-state index in [0.717, 1.165) is 19.3 Å². The summed E-state index contributed by atoms with van der Waals surface area (Å²) >= 11 is 0. The molecule has 0 aromatic rings. The van der Waals surface area contributed by atoms with E-state index in [9.17, 15) is 4.79 Å². The number of fused-ring (bicyclic) bond motifs is 2. The van der Waals surface area contributed by atoms with Crippen LogP contribution < -0.4 is 0 Å². The third-order valence-corrected chi connectivity index (χ3v) is 3.46. The van der Waals surface area contributed by atoms with Crippen molar-refractivity contribution in [3.05, 3.63) is 0 Å². The smallest absolute Gasteiger partial charge is 0.249 e. The van der Waals surface area contributed by atoms with Crippen LogP contribution in [0.1, 0.15) is 19.3 Å². The van der Waals surface area contributed by atoms with Crippen LogP contribution in [0.3, 0.4) is 0 Å². The molecule has 80 valence electrons. The van der Waals surface area contributed by atoms with Crippen LogP contribution in [0.5, 0.6) is 0 Å². The van der Waals surface area contributed by atoms with Gasteiger partial charge in [0.2, 0.25) is 5.91 Å². The minimum Gasteiger partial charge on any atom is -0.396 e. The number of nitrogens with zero attached hydrogens (tertiary/aromatic N) is 1. The topological polar surface area (TPSA) is 49.8 Å². The highest BCUT2D eigenvalue weighted by Gasteiger charge is 2.47. The molecule has 2 aliphatic rings. The first-order valence-corrected chi connectivity index (χ1v) is 5.19. The summed E-state index contributed by atoms with van der Waals surface area (Å²) in [5.74, 6) is 0.380. The van der Waals surface area contributed by atoms with Crippen LogP contribution in [0.4, 0.5) is 0 Å². The van der Waals surface area contributed by atoms with E-state index < -0.39 is 0 Å². The highest BCUT2D eigenvalue weighted by molar-refractivity contribution is 5.79. The summed E-state index contributed by atoms with van der Waals surface area (Å²) < 4.78 is 4.86. The molecular formula is C10H17NO3. The van der Waals surface area contributed by atoms with E-state index in [2.05, 4.69) is 0 Å². The van der Waals surface area contributed by atoms with Crippen molar-refractivity contribution in [1.29, 1.82) is 0 Å². The van der Waals surface area contributed by atoms with Gasteiger partial charge < -0.3 is 14.7 Å². The minimum atomic E-state index is 0.0796. The lowest BCUT2D eigenvalue weighted by molar-refractivity contribution is -0.136. The summed E-state index contributed by atoms with van der Waals surface area (Å²) in [5, 5.41) is 9.15. The number of hydrogen-bond donors (Lipinski definition) is 1. The Morgan fingerprint density at radius 2 is 2.36 bits per heavy atom. The Morgan fingerprint density at radius 1 is 1.57 bits per heavy atom. The van der Waals surface area contributed by atoms with Crippen LogP contribution in [0, 0.1) is 5.92 Å². The molecule has 2 saturated heterocycles. The zero-order valence-electron chi connectivity index (χ0n) is 8.48. The highest BCUT2D eigenvalue weighted by atomic mass is 16.5. The Bertz CT molecular complexity index is 231. The van der Waals surface area contributed by atoms with Gasteiger partial charge in [-0.2, -0.15) is 0 Å². The lowest BCUT2D eigenvalue weighted by Crippen LogP contribution is -2.39. The van der Waals surface area contributed by atoms with Crippen molar-refractivity contribution in [2.24, 2.45) is 5.92 Å².